The van der Waals surface area contributed by atoms with Gasteiger partial charge in [-0.2, -0.15) is 0 Å². The van der Waals surface area contributed by atoms with Crippen LogP contribution in [0.5, 0.6) is 5.75 Å². The number of fused-ring (bicyclic) bond motifs is 1. The fraction of sp³-hybridized carbons (Fsp3) is 0.333. The Morgan fingerprint density at radius 1 is 1.53 bits per heavy atom. The molecule has 1 saturated carbocycles. The maximum atomic E-state index is 11.5. The predicted molar refractivity (Wildman–Crippen MR) is 46.9 cm³/mol. The topological polar surface area (TPSA) is 88.8 Å². The van der Waals surface area contributed by atoms with Crippen LogP contribution in [0.1, 0.15) is 23.4 Å². The molecule has 1 spiro atoms. The molecule has 78 valence electrons. The van der Waals surface area contributed by atoms with Gasteiger partial charge in [-0.25, -0.2) is 4.79 Å². The van der Waals surface area contributed by atoms with Crippen LogP contribution >= 0.6 is 0 Å². The van der Waals surface area contributed by atoms with Crippen molar-refractivity contribution in [3.8, 4) is 5.75 Å². The summed E-state index contributed by atoms with van der Waals surface area (Å²) in [5.74, 6) is -1.52. The molecular weight excluding hydrogens is 202 g/mol. The second-order valence-electron chi connectivity index (χ2n) is 3.66. The molecule has 1 aromatic rings. The molecule has 6 heteroatoms. The number of rotatable bonds is 1. The first-order chi connectivity index (χ1) is 7.12. The monoisotopic (exact) mass is 209 g/mol. The molecule has 2 N–H and O–H groups in total. The van der Waals surface area contributed by atoms with Crippen LogP contribution in [0.3, 0.4) is 0 Å². The zero-order chi connectivity index (χ0) is 10.6. The minimum Gasteiger partial charge on any atom is -0.475 e. The molecule has 1 amide bonds. The van der Waals surface area contributed by atoms with Crippen LogP contribution in [0.2, 0.25) is 0 Å². The summed E-state index contributed by atoms with van der Waals surface area (Å²) in [5.41, 5.74) is -0.655. The number of nitrogens with one attached hydrogen (secondary N) is 1. The lowest BCUT2D eigenvalue weighted by atomic mass is 10.2. The lowest BCUT2D eigenvalue weighted by Gasteiger charge is -2.22. The van der Waals surface area contributed by atoms with Crippen LogP contribution in [-0.2, 0) is 4.79 Å². The zero-order valence-electron chi connectivity index (χ0n) is 7.57. The minimum atomic E-state index is -1.23. The Kier molecular flexibility index (Phi) is 1.30. The number of carbonyl (C=O) groups is 2. The average Bonchev–Trinajstić information content (AvgIpc) is 2.82. The molecule has 2 aliphatic rings. The molecule has 1 fully saturated rings. The van der Waals surface area contributed by atoms with E-state index in [9.17, 15) is 9.59 Å². The van der Waals surface area contributed by atoms with E-state index < -0.39 is 11.6 Å². The van der Waals surface area contributed by atoms with Crippen molar-refractivity contribution < 1.29 is 23.8 Å². The van der Waals surface area contributed by atoms with Crippen molar-refractivity contribution in [2.45, 2.75) is 18.4 Å². The van der Waals surface area contributed by atoms with E-state index in [4.69, 9.17) is 14.3 Å². The number of carboxylic acid groups (broad SMARTS) is 1. The molecule has 0 radical (unpaired) electrons. The maximum Gasteiger partial charge on any atom is 0.374 e. The van der Waals surface area contributed by atoms with Gasteiger partial charge in [0.25, 0.3) is 5.91 Å². The molecule has 2 heterocycles. The molecule has 1 aliphatic heterocycles. The van der Waals surface area contributed by atoms with Gasteiger partial charge in [-0.1, -0.05) is 0 Å². The van der Waals surface area contributed by atoms with E-state index in [0.29, 0.717) is 18.6 Å². The molecule has 0 unspecified atom stereocenters. The zero-order valence-corrected chi connectivity index (χ0v) is 7.57. The summed E-state index contributed by atoms with van der Waals surface area (Å²) in [4.78, 5) is 22.3. The lowest BCUT2D eigenvalue weighted by Crippen LogP contribution is -2.38. The number of amides is 1. The molecule has 3 rings (SSSR count). The van der Waals surface area contributed by atoms with Crippen LogP contribution in [0.15, 0.2) is 10.7 Å². The average molecular weight is 209 g/mol. The van der Waals surface area contributed by atoms with Crippen molar-refractivity contribution >= 4 is 17.6 Å². The molecule has 15 heavy (non-hydrogen) atoms. The van der Waals surface area contributed by atoms with E-state index in [1.165, 1.54) is 6.26 Å². The second-order valence-corrected chi connectivity index (χ2v) is 3.66. The Morgan fingerprint density at radius 3 is 2.87 bits per heavy atom. The standard InChI is InChI=1S/C9H7NO5/c11-7(12)6-5-4(3-14-6)15-9(1-2-9)8(13)10-5/h3H,1-2H2,(H,10,13)(H,11,12). The number of carboxylic acids is 1. The van der Waals surface area contributed by atoms with Gasteiger partial charge in [-0.15, -0.1) is 0 Å². The van der Waals surface area contributed by atoms with Crippen molar-refractivity contribution in [1.82, 2.24) is 0 Å². The Bertz CT molecular complexity index is 471. The summed E-state index contributed by atoms with van der Waals surface area (Å²) in [6.07, 6.45) is 2.52. The maximum absolute atomic E-state index is 11.5. The van der Waals surface area contributed by atoms with Gasteiger partial charge in [-0.05, 0) is 0 Å². The highest BCUT2D eigenvalue weighted by Crippen LogP contribution is 2.48. The number of carbonyl (C=O) groups excluding carboxylic acids is 1. The van der Waals surface area contributed by atoms with E-state index in [2.05, 4.69) is 5.32 Å². The van der Waals surface area contributed by atoms with Crippen LogP contribution in [0.25, 0.3) is 0 Å². The third kappa shape index (κ3) is 0.984. The quantitative estimate of drug-likeness (QED) is 0.715. The largest absolute Gasteiger partial charge is 0.475 e. The first kappa shape index (κ1) is 8.34. The molecule has 1 aliphatic carbocycles. The van der Waals surface area contributed by atoms with E-state index in [-0.39, 0.29) is 17.4 Å². The van der Waals surface area contributed by atoms with Gasteiger partial charge >= 0.3 is 5.97 Å². The first-order valence-corrected chi connectivity index (χ1v) is 4.48. The van der Waals surface area contributed by atoms with Crippen molar-refractivity contribution in [3.05, 3.63) is 12.0 Å². The molecular formula is C9H7NO5. The van der Waals surface area contributed by atoms with E-state index in [0.717, 1.165) is 0 Å². The number of furan rings is 1. The number of aromatic carboxylic acids is 1. The fourth-order valence-electron chi connectivity index (χ4n) is 1.62. The van der Waals surface area contributed by atoms with Crippen molar-refractivity contribution in [2.24, 2.45) is 0 Å². The number of hydrogen-bond acceptors (Lipinski definition) is 4. The third-order valence-electron chi connectivity index (χ3n) is 2.61. The van der Waals surface area contributed by atoms with Gasteiger partial charge in [-0.3, -0.25) is 4.79 Å². The van der Waals surface area contributed by atoms with Gasteiger partial charge in [0.15, 0.2) is 11.4 Å². The molecule has 0 atom stereocenters. The Balaban J connectivity index is 2.06. The third-order valence-corrected chi connectivity index (χ3v) is 2.61. The van der Waals surface area contributed by atoms with Gasteiger partial charge in [0.05, 0.1) is 0 Å². The Labute approximate surface area is 83.8 Å². The molecule has 0 saturated heterocycles. The predicted octanol–water partition coefficient (Wildman–Crippen LogP) is 0.841. The lowest BCUT2D eigenvalue weighted by molar-refractivity contribution is -0.125. The highest BCUT2D eigenvalue weighted by Gasteiger charge is 2.56. The molecule has 6 nitrogen and oxygen atoms in total. The smallest absolute Gasteiger partial charge is 0.374 e. The van der Waals surface area contributed by atoms with Crippen LogP contribution in [-0.4, -0.2) is 22.6 Å². The number of hydrogen-bond donors (Lipinski definition) is 2. The molecule has 1 aromatic heterocycles. The summed E-state index contributed by atoms with van der Waals surface area (Å²) in [5, 5.41) is 11.3. The van der Waals surface area contributed by atoms with Gasteiger partial charge in [0, 0.05) is 12.8 Å². The summed E-state index contributed by atoms with van der Waals surface area (Å²) in [7, 11) is 0. The van der Waals surface area contributed by atoms with Crippen LogP contribution in [0.4, 0.5) is 5.69 Å². The molecule has 0 aromatic carbocycles. The van der Waals surface area contributed by atoms with E-state index in [1.807, 2.05) is 0 Å². The molecule has 0 bridgehead atoms. The van der Waals surface area contributed by atoms with Gasteiger partial charge < -0.3 is 19.6 Å². The Hall–Kier alpha value is -1.98. The Morgan fingerprint density at radius 2 is 2.27 bits per heavy atom. The number of ether oxygens (including phenoxy) is 1. The normalized spacial score (nSPS) is 20.4. The van der Waals surface area contributed by atoms with Crippen LogP contribution in [0, 0.1) is 0 Å². The summed E-state index contributed by atoms with van der Waals surface area (Å²) < 4.78 is 10.2. The fourth-order valence-corrected chi connectivity index (χ4v) is 1.62. The van der Waals surface area contributed by atoms with E-state index >= 15 is 0 Å². The SMILES string of the molecule is O=C(O)c1occ2c1NC(=O)C1(CC1)O2. The van der Waals surface area contributed by atoms with Gasteiger partial charge in [0.2, 0.25) is 5.76 Å². The first-order valence-electron chi connectivity index (χ1n) is 4.48. The van der Waals surface area contributed by atoms with Crippen molar-refractivity contribution in [1.29, 1.82) is 0 Å². The highest BCUT2D eigenvalue weighted by molar-refractivity contribution is 6.06. The minimum absolute atomic E-state index is 0.116. The summed E-state index contributed by atoms with van der Waals surface area (Å²) in [6, 6.07) is 0. The van der Waals surface area contributed by atoms with Crippen molar-refractivity contribution in [2.75, 3.05) is 5.32 Å². The van der Waals surface area contributed by atoms with Gasteiger partial charge in [0.1, 0.15) is 12.0 Å². The summed E-state index contributed by atoms with van der Waals surface area (Å²) >= 11 is 0. The highest BCUT2D eigenvalue weighted by atomic mass is 16.5. The van der Waals surface area contributed by atoms with Crippen LogP contribution < -0.4 is 10.1 Å². The summed E-state index contributed by atoms with van der Waals surface area (Å²) in [6.45, 7) is 0. The van der Waals surface area contributed by atoms with E-state index in [1.54, 1.807) is 0 Å². The second kappa shape index (κ2) is 2.33. The van der Waals surface area contributed by atoms with Crippen molar-refractivity contribution in [3.63, 3.8) is 0 Å². The number of anilines is 1.